The molecule has 0 aliphatic carbocycles. The molecule has 3 aromatic heterocycles. The van der Waals surface area contributed by atoms with Gasteiger partial charge in [-0.1, -0.05) is 51.0 Å². The largest absolute Gasteiger partial charge is 0.472 e. The zero-order valence-corrected chi connectivity index (χ0v) is 43.2. The van der Waals surface area contributed by atoms with Gasteiger partial charge in [0.05, 0.1) is 39.3 Å². The molecule has 2 amide bonds. The van der Waals surface area contributed by atoms with E-state index in [4.69, 9.17) is 49.7 Å². The summed E-state index contributed by atoms with van der Waals surface area (Å²) in [6, 6.07) is 7.45. The van der Waals surface area contributed by atoms with Crippen LogP contribution < -0.4 is 27.8 Å². The van der Waals surface area contributed by atoms with Crippen molar-refractivity contribution in [2.75, 3.05) is 50.7 Å². The standard InChI is InChI=1S/C39H53N13O18P2S2/c1-37(2,3)69-36(57)48-38(33(54)68-26-16-63-15-24(26)53,19-66-72(61,62)70-25-13-29(51-12-9-28(40)47-34(51)55)67-27(25)17-65-71(58,59)60)10-11-39(74-73-4,52-21-46-30-31(41)44-20-45-32(30)52)18-43-35(56)64-14-22-5-7-23(8-6-22)49-50-42/h5-9,12,20-21,24-27,29,53H,10-11,13-19H2,1-4H3,(H,43,56)(H,48,57)(H,61,62)(H2,40,47,55)(H2,41,44,45)(H2,58,59,60)/t24?,25-,26?,27+,29+,38+,39+/m0/s1. The number of ether oxygens (including phenoxy) is 5. The molecule has 404 valence electrons. The van der Waals surface area contributed by atoms with Gasteiger partial charge >= 0.3 is 39.5 Å². The Labute approximate surface area is 427 Å². The van der Waals surface area contributed by atoms with E-state index in [1.807, 2.05) is 0 Å². The van der Waals surface area contributed by atoms with E-state index in [0.29, 0.717) is 11.3 Å². The number of hydrogen-bond donors (Lipinski definition) is 8. The molecule has 2 aliphatic heterocycles. The van der Waals surface area contributed by atoms with Gasteiger partial charge in [-0.25, -0.2) is 43.3 Å². The van der Waals surface area contributed by atoms with Crippen molar-refractivity contribution < 1.29 is 80.6 Å². The zero-order chi connectivity index (χ0) is 54.1. The summed E-state index contributed by atoms with van der Waals surface area (Å²) in [4.78, 5) is 103. The second-order valence-electron chi connectivity index (χ2n) is 17.4. The Bertz CT molecular complexity index is 2850. The third kappa shape index (κ3) is 15.5. The molecular formula is C39H53N13O18P2S2. The first-order valence-corrected chi connectivity index (χ1v) is 27.5. The predicted molar refractivity (Wildman–Crippen MR) is 260 cm³/mol. The molecule has 4 aromatic rings. The van der Waals surface area contributed by atoms with Crippen molar-refractivity contribution >= 4 is 83.9 Å². The number of esters is 1. The number of benzene rings is 1. The number of carbonyl (C=O) groups excluding carboxylic acids is 3. The number of fused-ring (bicyclic) bond motifs is 1. The Morgan fingerprint density at radius 3 is 2.42 bits per heavy atom. The summed E-state index contributed by atoms with van der Waals surface area (Å²) in [5, 5.41) is 19.4. The van der Waals surface area contributed by atoms with Gasteiger partial charge in [-0.05, 0) is 57.0 Å². The number of phosphoric ester groups is 2. The Morgan fingerprint density at radius 2 is 1.77 bits per heavy atom. The molecule has 31 nitrogen and oxygen atoms in total. The van der Waals surface area contributed by atoms with E-state index < -0.39 is 112 Å². The molecule has 0 radical (unpaired) electrons. The Hall–Kier alpha value is -5.63. The number of amides is 2. The number of carbonyl (C=O) groups is 3. The van der Waals surface area contributed by atoms with Crippen LogP contribution in [0.4, 0.5) is 26.9 Å². The van der Waals surface area contributed by atoms with E-state index in [2.05, 4.69) is 45.1 Å². The number of nitrogen functional groups attached to an aromatic ring is 2. The lowest BCUT2D eigenvalue weighted by Crippen LogP contribution is -2.61. The summed E-state index contributed by atoms with van der Waals surface area (Å²) in [7, 11) is -8.43. The predicted octanol–water partition coefficient (Wildman–Crippen LogP) is 3.03. The van der Waals surface area contributed by atoms with Crippen molar-refractivity contribution in [2.45, 2.75) is 93.3 Å². The maximum absolute atomic E-state index is 14.9. The Balaban J connectivity index is 1.37. The molecule has 2 fully saturated rings. The second-order valence-corrected chi connectivity index (χ2v) is 22.8. The number of aliphatic hydroxyl groups excluding tert-OH is 1. The van der Waals surface area contributed by atoms with Crippen LogP contribution in [0, 0.1) is 0 Å². The van der Waals surface area contributed by atoms with E-state index in [1.54, 1.807) is 18.4 Å². The monoisotopic (exact) mass is 1120 g/mol. The van der Waals surface area contributed by atoms with Gasteiger partial charge in [0.2, 0.25) is 0 Å². The topological polar surface area (TPSA) is 443 Å². The molecule has 6 rings (SSSR count). The van der Waals surface area contributed by atoms with Crippen LogP contribution in [-0.2, 0) is 62.7 Å². The van der Waals surface area contributed by atoms with E-state index in [0.717, 1.165) is 21.7 Å². The van der Waals surface area contributed by atoms with Gasteiger partial charge in [0, 0.05) is 23.2 Å². The van der Waals surface area contributed by atoms with Crippen LogP contribution in [0.2, 0.25) is 0 Å². The summed E-state index contributed by atoms with van der Waals surface area (Å²) in [6.07, 6.45) is -5.40. The molecule has 1 aromatic carbocycles. The van der Waals surface area contributed by atoms with Gasteiger partial charge in [-0.15, -0.1) is 0 Å². The smallest absolute Gasteiger partial charge is 0.455 e. The first-order chi connectivity index (χ1) is 34.8. The van der Waals surface area contributed by atoms with Gasteiger partial charge in [0.25, 0.3) is 0 Å². The summed E-state index contributed by atoms with van der Waals surface area (Å²) < 4.78 is 72.0. The first-order valence-electron chi connectivity index (χ1n) is 21.9. The lowest BCUT2D eigenvalue weighted by Gasteiger charge is -2.39. The number of imidazole rings is 1. The Morgan fingerprint density at radius 1 is 1.03 bits per heavy atom. The SMILES string of the molecule is CSS[C@](CC[C@](COP(=O)(O)O[C@H]1C[C@H](n2ccc(N)nc2=O)O[C@@H]1COP(=O)(O)O)(NC(=O)OC(C)(C)C)C(=O)OC1COCC1O)(CNC(=O)OCc1ccc(N=[N+]=[N-])cc1)n1cnc2c(N)ncnc21. The van der Waals surface area contributed by atoms with E-state index in [9.17, 15) is 48.1 Å². The van der Waals surface area contributed by atoms with Crippen LogP contribution in [0.25, 0.3) is 21.6 Å². The number of nitrogens with two attached hydrogens (primary N) is 2. The third-order valence-corrected chi connectivity index (χ3v) is 14.8. The van der Waals surface area contributed by atoms with Gasteiger partial charge in [0.15, 0.2) is 23.1 Å². The van der Waals surface area contributed by atoms with Crippen molar-refractivity contribution in [3.8, 4) is 0 Å². The minimum atomic E-state index is -5.55. The van der Waals surface area contributed by atoms with Crippen LogP contribution >= 0.6 is 37.2 Å². The number of alkyl carbamates (subject to hydrolysis) is 2. The van der Waals surface area contributed by atoms with Crippen LogP contribution in [-0.4, -0.2) is 142 Å². The number of anilines is 2. The molecule has 2 saturated heterocycles. The molecular weight excluding hydrogens is 1060 g/mol. The fourth-order valence-electron chi connectivity index (χ4n) is 7.35. The van der Waals surface area contributed by atoms with Crippen molar-refractivity contribution in [1.82, 2.24) is 39.7 Å². The molecule has 10 N–H and O–H groups in total. The quantitative estimate of drug-likeness (QED) is 0.0101. The number of rotatable bonds is 23. The maximum Gasteiger partial charge on any atom is 0.472 e. The average Bonchev–Trinajstić information content (AvgIpc) is 4.06. The lowest BCUT2D eigenvalue weighted by molar-refractivity contribution is -0.163. The highest BCUT2D eigenvalue weighted by Gasteiger charge is 2.51. The normalized spacial score (nSPS) is 21.4. The van der Waals surface area contributed by atoms with E-state index in [1.165, 1.54) is 66.9 Å². The average molecular weight is 1120 g/mol. The highest BCUT2D eigenvalue weighted by molar-refractivity contribution is 8.76. The number of azide groups is 1. The molecule has 74 heavy (non-hydrogen) atoms. The highest BCUT2D eigenvalue weighted by Crippen LogP contribution is 2.51. The van der Waals surface area contributed by atoms with Crippen LogP contribution in [0.15, 0.2) is 59.1 Å². The third-order valence-electron chi connectivity index (χ3n) is 10.8. The minimum Gasteiger partial charge on any atom is -0.455 e. The molecule has 0 saturated carbocycles. The van der Waals surface area contributed by atoms with Crippen LogP contribution in [0.5, 0.6) is 0 Å². The van der Waals surface area contributed by atoms with Gasteiger partial charge in [-0.2, -0.15) is 4.98 Å². The van der Waals surface area contributed by atoms with Gasteiger partial charge in [-0.3, -0.25) is 22.7 Å². The van der Waals surface area contributed by atoms with Gasteiger partial charge in [0.1, 0.15) is 59.3 Å². The fourth-order valence-corrected chi connectivity index (χ4v) is 11.1. The van der Waals surface area contributed by atoms with Crippen molar-refractivity contribution in [2.24, 2.45) is 5.11 Å². The number of phosphoric acid groups is 2. The maximum atomic E-state index is 14.9. The molecule has 3 unspecified atom stereocenters. The van der Waals surface area contributed by atoms with Gasteiger partial charge < -0.3 is 65.6 Å². The van der Waals surface area contributed by atoms with Crippen LogP contribution in [0.3, 0.4) is 0 Å². The second kappa shape index (κ2) is 24.4. The van der Waals surface area contributed by atoms with Crippen molar-refractivity contribution in [3.05, 3.63) is 75.7 Å². The van der Waals surface area contributed by atoms with E-state index in [-0.39, 0.29) is 55.6 Å². The molecule has 35 heteroatoms. The van der Waals surface area contributed by atoms with Crippen LogP contribution in [0.1, 0.15) is 51.8 Å². The number of nitrogens with zero attached hydrogens (tertiary/aromatic N) is 9. The van der Waals surface area contributed by atoms with E-state index >= 15 is 0 Å². The summed E-state index contributed by atoms with van der Waals surface area (Å²) in [6.45, 7) is 1.22. The molecule has 2 aliphatic rings. The number of hydrogen-bond acceptors (Lipinski definition) is 24. The molecule has 5 heterocycles. The highest BCUT2D eigenvalue weighted by atomic mass is 33.1. The molecule has 0 spiro atoms. The lowest BCUT2D eigenvalue weighted by atomic mass is 9.91. The summed E-state index contributed by atoms with van der Waals surface area (Å²) in [5.74, 6) is -1.50. The Kier molecular flexibility index (Phi) is 19.0. The number of nitrogens with one attached hydrogen (secondary N) is 2. The van der Waals surface area contributed by atoms with Crippen molar-refractivity contribution in [3.63, 3.8) is 0 Å². The van der Waals surface area contributed by atoms with Crippen molar-refractivity contribution in [1.29, 1.82) is 0 Å². The fraction of sp³-hybridized carbons (Fsp3) is 0.538. The minimum absolute atomic E-state index is 0.0173. The first kappa shape index (κ1) is 57.6. The zero-order valence-electron chi connectivity index (χ0n) is 39.8. The summed E-state index contributed by atoms with van der Waals surface area (Å²) in [5.41, 5.74) is 17.0. The number of aliphatic hydroxyl groups is 1. The molecule has 0 bridgehead atoms. The number of aromatic nitrogens is 6. The summed E-state index contributed by atoms with van der Waals surface area (Å²) >= 11 is 0. The molecule has 8 atom stereocenters.